The number of nitro benzene ring substituents is 1. The van der Waals surface area contributed by atoms with E-state index in [0.29, 0.717) is 12.8 Å². The molecule has 1 aromatic carbocycles. The summed E-state index contributed by atoms with van der Waals surface area (Å²) in [4.78, 5) is 10.1. The van der Waals surface area contributed by atoms with Crippen molar-refractivity contribution in [3.8, 4) is 0 Å². The van der Waals surface area contributed by atoms with Crippen molar-refractivity contribution in [3.05, 3.63) is 34.4 Å². The Labute approximate surface area is 86.9 Å². The van der Waals surface area contributed by atoms with Gasteiger partial charge in [-0.05, 0) is 18.9 Å². The molecule has 1 aliphatic rings. The Bertz CT molecular complexity index is 375. The van der Waals surface area contributed by atoms with Crippen LogP contribution in [0, 0.1) is 10.1 Å². The van der Waals surface area contributed by atoms with Gasteiger partial charge in [-0.1, -0.05) is 6.07 Å². The summed E-state index contributed by atoms with van der Waals surface area (Å²) < 4.78 is 0. The van der Waals surface area contributed by atoms with Gasteiger partial charge in [-0.3, -0.25) is 10.1 Å². The Hall–Kier alpha value is -1.62. The number of anilines is 1. The standard InChI is InChI=1S/C10H12N2O3/c13-10-5-8(6-10)11-7-2-1-3-9(4-7)12(14)15/h1-4,8,10-11,13H,5-6H2. The van der Waals surface area contributed by atoms with Crippen molar-refractivity contribution in [2.45, 2.75) is 25.0 Å². The molecule has 80 valence electrons. The Morgan fingerprint density at radius 2 is 2.20 bits per heavy atom. The number of nitro groups is 1. The molecule has 0 unspecified atom stereocenters. The second-order valence-electron chi connectivity index (χ2n) is 3.77. The number of nitrogens with zero attached hydrogens (tertiary/aromatic N) is 1. The van der Waals surface area contributed by atoms with Gasteiger partial charge in [-0.2, -0.15) is 0 Å². The normalized spacial score (nSPS) is 24.3. The molecule has 1 aromatic rings. The summed E-state index contributed by atoms with van der Waals surface area (Å²) in [6.07, 6.45) is 1.20. The van der Waals surface area contributed by atoms with Crippen LogP contribution in [0.3, 0.4) is 0 Å². The first-order valence-corrected chi connectivity index (χ1v) is 4.84. The van der Waals surface area contributed by atoms with E-state index in [4.69, 9.17) is 5.11 Å². The van der Waals surface area contributed by atoms with E-state index < -0.39 is 4.92 Å². The van der Waals surface area contributed by atoms with Crippen LogP contribution in [0.2, 0.25) is 0 Å². The molecule has 0 saturated heterocycles. The summed E-state index contributed by atoms with van der Waals surface area (Å²) in [5.41, 5.74) is 0.820. The van der Waals surface area contributed by atoms with Crippen molar-refractivity contribution in [1.82, 2.24) is 0 Å². The summed E-state index contributed by atoms with van der Waals surface area (Å²) >= 11 is 0. The molecule has 0 atom stereocenters. The van der Waals surface area contributed by atoms with Crippen LogP contribution in [0.15, 0.2) is 24.3 Å². The average molecular weight is 208 g/mol. The van der Waals surface area contributed by atoms with E-state index in [1.54, 1.807) is 12.1 Å². The number of non-ortho nitro benzene ring substituents is 1. The zero-order chi connectivity index (χ0) is 10.8. The summed E-state index contributed by atoms with van der Waals surface area (Å²) in [6, 6.07) is 6.64. The molecule has 0 spiro atoms. The molecule has 15 heavy (non-hydrogen) atoms. The lowest BCUT2D eigenvalue weighted by atomic mass is 9.89. The first-order chi connectivity index (χ1) is 7.15. The number of rotatable bonds is 3. The number of hydrogen-bond acceptors (Lipinski definition) is 4. The highest BCUT2D eigenvalue weighted by Gasteiger charge is 2.26. The molecule has 0 aliphatic heterocycles. The maximum atomic E-state index is 10.5. The van der Waals surface area contributed by atoms with Crippen LogP contribution < -0.4 is 5.32 Å². The van der Waals surface area contributed by atoms with Crippen molar-refractivity contribution in [1.29, 1.82) is 0 Å². The minimum Gasteiger partial charge on any atom is -0.393 e. The molecule has 0 aromatic heterocycles. The van der Waals surface area contributed by atoms with E-state index >= 15 is 0 Å². The molecule has 5 nitrogen and oxygen atoms in total. The molecule has 5 heteroatoms. The van der Waals surface area contributed by atoms with Crippen LogP contribution in [-0.2, 0) is 0 Å². The Kier molecular flexibility index (Phi) is 2.55. The molecule has 2 rings (SSSR count). The quantitative estimate of drug-likeness (QED) is 0.583. The molecular formula is C10H12N2O3. The first-order valence-electron chi connectivity index (χ1n) is 4.84. The predicted octanol–water partition coefficient (Wildman–Crippen LogP) is 1.53. The van der Waals surface area contributed by atoms with Gasteiger partial charge in [0, 0.05) is 23.9 Å². The molecule has 0 radical (unpaired) electrons. The summed E-state index contributed by atoms with van der Waals surface area (Å²) in [5, 5.41) is 22.7. The van der Waals surface area contributed by atoms with E-state index in [-0.39, 0.29) is 17.8 Å². The highest BCUT2D eigenvalue weighted by molar-refractivity contribution is 5.51. The van der Waals surface area contributed by atoms with Crippen LogP contribution in [0.1, 0.15) is 12.8 Å². The topological polar surface area (TPSA) is 75.4 Å². The van der Waals surface area contributed by atoms with Gasteiger partial charge in [0.05, 0.1) is 11.0 Å². The van der Waals surface area contributed by atoms with Crippen LogP contribution in [0.25, 0.3) is 0 Å². The predicted molar refractivity (Wildman–Crippen MR) is 55.7 cm³/mol. The summed E-state index contributed by atoms with van der Waals surface area (Å²) in [7, 11) is 0. The molecule has 0 bridgehead atoms. The molecule has 1 fully saturated rings. The first kappa shape index (κ1) is 9.92. The summed E-state index contributed by atoms with van der Waals surface area (Å²) in [6.45, 7) is 0. The zero-order valence-electron chi connectivity index (χ0n) is 8.09. The van der Waals surface area contributed by atoms with Crippen LogP contribution >= 0.6 is 0 Å². The molecule has 1 saturated carbocycles. The molecule has 1 aliphatic carbocycles. The van der Waals surface area contributed by atoms with E-state index in [1.165, 1.54) is 12.1 Å². The third kappa shape index (κ3) is 2.24. The molecule has 0 amide bonds. The minimum absolute atomic E-state index is 0.0832. The Morgan fingerprint density at radius 3 is 2.80 bits per heavy atom. The Morgan fingerprint density at radius 1 is 1.47 bits per heavy atom. The smallest absolute Gasteiger partial charge is 0.271 e. The van der Waals surface area contributed by atoms with Gasteiger partial charge >= 0.3 is 0 Å². The zero-order valence-corrected chi connectivity index (χ0v) is 8.09. The fourth-order valence-electron chi connectivity index (χ4n) is 1.65. The van der Waals surface area contributed by atoms with Crippen LogP contribution in [0.5, 0.6) is 0 Å². The highest BCUT2D eigenvalue weighted by Crippen LogP contribution is 2.25. The van der Waals surface area contributed by atoms with Gasteiger partial charge in [-0.15, -0.1) is 0 Å². The van der Waals surface area contributed by atoms with Gasteiger partial charge < -0.3 is 10.4 Å². The van der Waals surface area contributed by atoms with Crippen LogP contribution in [-0.4, -0.2) is 22.2 Å². The average Bonchev–Trinajstić information content (AvgIpc) is 2.16. The lowest BCUT2D eigenvalue weighted by Crippen LogP contribution is -2.38. The van der Waals surface area contributed by atoms with Gasteiger partial charge in [0.1, 0.15) is 0 Å². The number of aliphatic hydroxyl groups excluding tert-OH is 1. The number of aliphatic hydroxyl groups is 1. The second-order valence-corrected chi connectivity index (χ2v) is 3.77. The van der Waals surface area contributed by atoms with Crippen molar-refractivity contribution in [2.24, 2.45) is 0 Å². The van der Waals surface area contributed by atoms with Crippen molar-refractivity contribution in [3.63, 3.8) is 0 Å². The number of nitrogens with one attached hydrogen (secondary N) is 1. The second kappa shape index (κ2) is 3.86. The maximum absolute atomic E-state index is 10.5. The van der Waals surface area contributed by atoms with E-state index in [2.05, 4.69) is 5.32 Å². The fraction of sp³-hybridized carbons (Fsp3) is 0.400. The number of benzene rings is 1. The van der Waals surface area contributed by atoms with E-state index in [1.807, 2.05) is 0 Å². The monoisotopic (exact) mass is 208 g/mol. The highest BCUT2D eigenvalue weighted by atomic mass is 16.6. The molecular weight excluding hydrogens is 196 g/mol. The largest absolute Gasteiger partial charge is 0.393 e. The summed E-state index contributed by atoms with van der Waals surface area (Å²) in [5.74, 6) is 0. The third-order valence-corrected chi connectivity index (χ3v) is 2.54. The molecule has 2 N–H and O–H groups in total. The van der Waals surface area contributed by atoms with Gasteiger partial charge in [0.2, 0.25) is 0 Å². The third-order valence-electron chi connectivity index (χ3n) is 2.54. The van der Waals surface area contributed by atoms with E-state index in [9.17, 15) is 10.1 Å². The van der Waals surface area contributed by atoms with Gasteiger partial charge in [-0.25, -0.2) is 0 Å². The van der Waals surface area contributed by atoms with Crippen LogP contribution in [0.4, 0.5) is 11.4 Å². The van der Waals surface area contributed by atoms with Crippen molar-refractivity contribution < 1.29 is 10.0 Å². The lowest BCUT2D eigenvalue weighted by Gasteiger charge is -2.32. The molecule has 0 heterocycles. The van der Waals surface area contributed by atoms with E-state index in [0.717, 1.165) is 5.69 Å². The van der Waals surface area contributed by atoms with Gasteiger partial charge in [0.25, 0.3) is 5.69 Å². The minimum atomic E-state index is -0.416. The maximum Gasteiger partial charge on any atom is 0.271 e. The lowest BCUT2D eigenvalue weighted by molar-refractivity contribution is -0.384. The number of hydrogen-bond donors (Lipinski definition) is 2. The van der Waals surface area contributed by atoms with Gasteiger partial charge in [0.15, 0.2) is 0 Å². The van der Waals surface area contributed by atoms with Crippen molar-refractivity contribution in [2.75, 3.05) is 5.32 Å². The fourth-order valence-corrected chi connectivity index (χ4v) is 1.65. The SMILES string of the molecule is O=[N+]([O-])c1cccc(NC2CC(O)C2)c1. The van der Waals surface area contributed by atoms with Crippen molar-refractivity contribution >= 4 is 11.4 Å². The Balaban J connectivity index is 2.02.